The molecular formula is C34H52O5SSi. The van der Waals surface area contributed by atoms with E-state index in [1.807, 2.05) is 75.4 Å². The molecule has 2 aromatic rings. The zero-order valence-corrected chi connectivity index (χ0v) is 28.4. The van der Waals surface area contributed by atoms with Crippen LogP contribution in [-0.4, -0.2) is 40.8 Å². The first-order valence-electron chi connectivity index (χ1n) is 14.7. The zero-order valence-electron chi connectivity index (χ0n) is 26.6. The Labute approximate surface area is 250 Å². The Bertz CT molecular complexity index is 1250. The number of rotatable bonds is 16. The largest absolute Gasteiger partial charge is 0.460 e. The first-order valence-corrected chi connectivity index (χ1v) is 19.4. The van der Waals surface area contributed by atoms with E-state index in [2.05, 4.69) is 46.5 Å². The Kier molecular flexibility index (Phi) is 12.2. The van der Waals surface area contributed by atoms with E-state index in [1.54, 1.807) is 0 Å². The van der Waals surface area contributed by atoms with E-state index in [9.17, 15) is 13.2 Å². The highest BCUT2D eigenvalue weighted by Crippen LogP contribution is 2.37. The standard InChI is InChI=1S/C34H52O5SSi/c1-10-16-28-19-14-20-30(25-28)34(7,31(35)38-26-29-17-12-11-13-18-29)22-15-21-33(5,6)27-40(36,37)24-23-39-41(8,9)32(2,3)4/h10-14,17-20,25H,1,15-16,21-24,26-27H2,2-9H3/t34-/m1/s1. The van der Waals surface area contributed by atoms with E-state index in [0.717, 1.165) is 16.7 Å². The highest BCUT2D eigenvalue weighted by molar-refractivity contribution is 7.91. The van der Waals surface area contributed by atoms with Crippen LogP contribution in [0.4, 0.5) is 0 Å². The van der Waals surface area contributed by atoms with Crippen molar-refractivity contribution < 1.29 is 22.4 Å². The van der Waals surface area contributed by atoms with Gasteiger partial charge >= 0.3 is 5.97 Å². The molecule has 0 unspecified atom stereocenters. The molecule has 0 bridgehead atoms. The third kappa shape index (κ3) is 10.8. The molecule has 0 aliphatic carbocycles. The molecule has 41 heavy (non-hydrogen) atoms. The molecule has 0 aromatic heterocycles. The van der Waals surface area contributed by atoms with Crippen LogP contribution >= 0.6 is 0 Å². The molecule has 0 heterocycles. The minimum atomic E-state index is -3.30. The van der Waals surface area contributed by atoms with Crippen LogP contribution in [0.3, 0.4) is 0 Å². The highest BCUT2D eigenvalue weighted by atomic mass is 32.2. The Hall–Kier alpha value is -2.22. The van der Waals surface area contributed by atoms with Crippen LogP contribution in [0.15, 0.2) is 67.3 Å². The topological polar surface area (TPSA) is 69.7 Å². The summed E-state index contributed by atoms with van der Waals surface area (Å²) in [6.07, 6.45) is 4.47. The average molecular weight is 601 g/mol. The predicted octanol–water partition coefficient (Wildman–Crippen LogP) is 8.05. The van der Waals surface area contributed by atoms with Crippen molar-refractivity contribution in [2.75, 3.05) is 18.1 Å². The van der Waals surface area contributed by atoms with E-state index < -0.39 is 29.0 Å². The SMILES string of the molecule is C=CCc1cccc([C@@](C)(CCCC(C)(C)CS(=O)(=O)CCO[Si](C)(C)C(C)(C)C)C(=O)OCc2ccccc2)c1. The fourth-order valence-electron chi connectivity index (χ4n) is 4.76. The Morgan fingerprint density at radius 1 is 0.927 bits per heavy atom. The van der Waals surface area contributed by atoms with E-state index in [-0.39, 0.29) is 35.7 Å². The molecule has 228 valence electrons. The lowest BCUT2D eigenvalue weighted by atomic mass is 9.76. The van der Waals surface area contributed by atoms with Crippen molar-refractivity contribution >= 4 is 24.1 Å². The lowest BCUT2D eigenvalue weighted by Gasteiger charge is -2.36. The van der Waals surface area contributed by atoms with Crippen LogP contribution in [0.1, 0.15) is 77.5 Å². The molecule has 0 aliphatic heterocycles. The molecule has 7 heteroatoms. The predicted molar refractivity (Wildman–Crippen MR) is 173 cm³/mol. The summed E-state index contributed by atoms with van der Waals surface area (Å²) < 4.78 is 38.1. The Morgan fingerprint density at radius 3 is 2.17 bits per heavy atom. The van der Waals surface area contributed by atoms with Gasteiger partial charge < -0.3 is 9.16 Å². The number of allylic oxidation sites excluding steroid dienone is 1. The van der Waals surface area contributed by atoms with Gasteiger partial charge in [-0.2, -0.15) is 0 Å². The maximum atomic E-state index is 13.6. The summed E-state index contributed by atoms with van der Waals surface area (Å²) in [5.41, 5.74) is 1.63. The minimum absolute atomic E-state index is 0.0303. The minimum Gasteiger partial charge on any atom is -0.460 e. The number of esters is 1. The van der Waals surface area contributed by atoms with Gasteiger partial charge in [-0.15, -0.1) is 6.58 Å². The number of carbonyl (C=O) groups excluding carboxylic acids is 1. The summed E-state index contributed by atoms with van der Waals surface area (Å²) >= 11 is 0. The van der Waals surface area contributed by atoms with Crippen molar-refractivity contribution in [2.45, 2.75) is 97.4 Å². The van der Waals surface area contributed by atoms with Gasteiger partial charge in [0.1, 0.15) is 6.61 Å². The molecule has 5 nitrogen and oxygen atoms in total. The maximum absolute atomic E-state index is 13.6. The van der Waals surface area contributed by atoms with Crippen LogP contribution in [-0.2, 0) is 42.2 Å². The molecule has 0 spiro atoms. The van der Waals surface area contributed by atoms with Crippen LogP contribution in [0, 0.1) is 5.41 Å². The molecule has 0 N–H and O–H groups in total. The summed E-state index contributed by atoms with van der Waals surface area (Å²) in [5.74, 6) is -0.154. The first kappa shape index (κ1) is 35.0. The zero-order chi connectivity index (χ0) is 31.0. The summed E-state index contributed by atoms with van der Waals surface area (Å²) in [6, 6.07) is 17.7. The fourth-order valence-corrected chi connectivity index (χ4v) is 7.77. The van der Waals surface area contributed by atoms with Crippen LogP contribution < -0.4 is 0 Å². The van der Waals surface area contributed by atoms with Gasteiger partial charge in [0.2, 0.25) is 0 Å². The Balaban J connectivity index is 2.10. The quantitative estimate of drug-likeness (QED) is 0.111. The third-order valence-corrected chi connectivity index (χ3v) is 15.0. The molecule has 1 atom stereocenters. The normalized spacial score (nSPS) is 14.3. The summed E-state index contributed by atoms with van der Waals surface area (Å²) in [4.78, 5) is 13.6. The van der Waals surface area contributed by atoms with Crippen molar-refractivity contribution in [1.29, 1.82) is 0 Å². The van der Waals surface area contributed by atoms with Gasteiger partial charge in [0.25, 0.3) is 0 Å². The van der Waals surface area contributed by atoms with Gasteiger partial charge in [-0.25, -0.2) is 8.42 Å². The molecular weight excluding hydrogens is 549 g/mol. The molecule has 0 saturated carbocycles. The van der Waals surface area contributed by atoms with Crippen LogP contribution in [0.2, 0.25) is 18.1 Å². The number of ether oxygens (including phenoxy) is 1. The first-order chi connectivity index (χ1) is 18.9. The summed E-state index contributed by atoms with van der Waals surface area (Å²) in [6.45, 7) is 21.0. The third-order valence-electron chi connectivity index (χ3n) is 8.41. The van der Waals surface area contributed by atoms with Crippen molar-refractivity contribution in [2.24, 2.45) is 5.41 Å². The fraction of sp³-hybridized carbons (Fsp3) is 0.559. The van der Waals surface area contributed by atoms with Crippen LogP contribution in [0.5, 0.6) is 0 Å². The van der Waals surface area contributed by atoms with E-state index in [1.165, 1.54) is 0 Å². The number of sulfone groups is 1. The molecule has 0 radical (unpaired) electrons. The maximum Gasteiger partial charge on any atom is 0.316 e. The van der Waals surface area contributed by atoms with Gasteiger partial charge in [0.15, 0.2) is 18.2 Å². The molecule has 0 saturated heterocycles. The lowest BCUT2D eigenvalue weighted by Crippen LogP contribution is -2.42. The number of hydrogen-bond donors (Lipinski definition) is 0. The highest BCUT2D eigenvalue weighted by Gasteiger charge is 2.39. The smallest absolute Gasteiger partial charge is 0.316 e. The lowest BCUT2D eigenvalue weighted by molar-refractivity contribution is -0.151. The number of hydrogen-bond acceptors (Lipinski definition) is 5. The number of carbonyl (C=O) groups is 1. The second-order valence-corrected chi connectivity index (χ2v) is 20.8. The van der Waals surface area contributed by atoms with Crippen LogP contribution in [0.25, 0.3) is 0 Å². The van der Waals surface area contributed by atoms with Crippen molar-refractivity contribution in [3.63, 3.8) is 0 Å². The second-order valence-electron chi connectivity index (χ2n) is 13.8. The summed E-state index contributed by atoms with van der Waals surface area (Å²) in [7, 11) is -5.30. The average Bonchev–Trinajstić information content (AvgIpc) is 2.86. The van der Waals surface area contributed by atoms with Gasteiger partial charge in [0, 0.05) is 6.61 Å². The van der Waals surface area contributed by atoms with Crippen molar-refractivity contribution in [1.82, 2.24) is 0 Å². The molecule has 0 aliphatic rings. The van der Waals surface area contributed by atoms with Gasteiger partial charge in [0.05, 0.1) is 16.9 Å². The Morgan fingerprint density at radius 2 is 1.56 bits per heavy atom. The van der Waals surface area contributed by atoms with Gasteiger partial charge in [-0.1, -0.05) is 102 Å². The van der Waals surface area contributed by atoms with E-state index in [4.69, 9.17) is 9.16 Å². The molecule has 0 amide bonds. The molecule has 2 rings (SSSR count). The molecule has 0 fully saturated rings. The molecule has 2 aromatic carbocycles. The van der Waals surface area contributed by atoms with Crippen molar-refractivity contribution in [3.05, 3.63) is 83.9 Å². The monoisotopic (exact) mass is 600 g/mol. The van der Waals surface area contributed by atoms with Gasteiger partial charge in [-0.05, 0) is 66.4 Å². The van der Waals surface area contributed by atoms with E-state index in [0.29, 0.717) is 25.7 Å². The summed E-state index contributed by atoms with van der Waals surface area (Å²) in [5, 5.41) is 0.0378. The second kappa shape index (κ2) is 14.3. The number of benzene rings is 2. The van der Waals surface area contributed by atoms with Crippen molar-refractivity contribution in [3.8, 4) is 0 Å². The van der Waals surface area contributed by atoms with Gasteiger partial charge in [-0.3, -0.25) is 4.79 Å². The van der Waals surface area contributed by atoms with E-state index >= 15 is 0 Å².